The summed E-state index contributed by atoms with van der Waals surface area (Å²) in [6.45, 7) is 5.29. The zero-order valence-corrected chi connectivity index (χ0v) is 16.3. The molecule has 1 rings (SSSR count). The summed E-state index contributed by atoms with van der Waals surface area (Å²) in [7, 11) is 0. The summed E-state index contributed by atoms with van der Waals surface area (Å²) < 4.78 is 0. The summed E-state index contributed by atoms with van der Waals surface area (Å²) in [5.74, 6) is -4.12. The van der Waals surface area contributed by atoms with Crippen LogP contribution in [0.15, 0.2) is 0 Å². The van der Waals surface area contributed by atoms with Crippen LogP contribution in [0.1, 0.15) is 40.0 Å². The lowest BCUT2D eigenvalue weighted by atomic mass is 10.0. The number of nitrogens with one attached hydrogen (secondary N) is 2. The molecule has 7 N–H and O–H groups in total. The number of nitrogens with zero attached hydrogens (tertiary/aromatic N) is 1. The van der Waals surface area contributed by atoms with Gasteiger partial charge in [0.2, 0.25) is 23.6 Å². The van der Waals surface area contributed by atoms with Crippen molar-refractivity contribution >= 4 is 29.6 Å². The molecule has 1 aliphatic heterocycles. The number of hydrogen-bond donors (Lipinski definition) is 5. The Morgan fingerprint density at radius 2 is 1.75 bits per heavy atom. The Labute approximate surface area is 163 Å². The molecule has 4 atom stereocenters. The van der Waals surface area contributed by atoms with Crippen molar-refractivity contribution in [2.24, 2.45) is 17.4 Å². The minimum absolute atomic E-state index is 0.249. The second-order valence-electron chi connectivity index (χ2n) is 7.28. The number of carboxylic acid groups (broad SMARTS) is 1. The Hall–Kier alpha value is -2.69. The van der Waals surface area contributed by atoms with Crippen molar-refractivity contribution in [1.82, 2.24) is 15.5 Å². The van der Waals surface area contributed by atoms with Crippen LogP contribution in [0.5, 0.6) is 0 Å². The van der Waals surface area contributed by atoms with Crippen LogP contribution >= 0.6 is 0 Å². The zero-order valence-electron chi connectivity index (χ0n) is 16.3. The van der Waals surface area contributed by atoms with Gasteiger partial charge in [0.15, 0.2) is 0 Å². The molecule has 0 spiro atoms. The summed E-state index contributed by atoms with van der Waals surface area (Å²) in [6.07, 6.45) is 0.330. The summed E-state index contributed by atoms with van der Waals surface area (Å²) in [5.41, 5.74) is 10.6. The van der Waals surface area contributed by atoms with Gasteiger partial charge in [0.05, 0.1) is 12.5 Å². The third-order valence-electron chi connectivity index (χ3n) is 4.50. The van der Waals surface area contributed by atoms with E-state index in [1.165, 1.54) is 11.8 Å². The summed E-state index contributed by atoms with van der Waals surface area (Å²) in [5, 5.41) is 14.0. The van der Waals surface area contributed by atoms with E-state index in [2.05, 4.69) is 10.6 Å². The fraction of sp³-hybridized carbons (Fsp3) is 0.706. The minimum Gasteiger partial charge on any atom is -0.480 e. The largest absolute Gasteiger partial charge is 0.480 e. The molecule has 1 saturated heterocycles. The molecule has 0 aromatic heterocycles. The van der Waals surface area contributed by atoms with Crippen molar-refractivity contribution < 1.29 is 29.1 Å². The Morgan fingerprint density at radius 1 is 1.14 bits per heavy atom. The fourth-order valence-corrected chi connectivity index (χ4v) is 2.95. The van der Waals surface area contributed by atoms with Crippen molar-refractivity contribution in [3.63, 3.8) is 0 Å². The van der Waals surface area contributed by atoms with Gasteiger partial charge in [0.25, 0.3) is 0 Å². The lowest BCUT2D eigenvalue weighted by Gasteiger charge is -2.31. The first-order valence-electron chi connectivity index (χ1n) is 9.13. The number of rotatable bonds is 9. The van der Waals surface area contributed by atoms with Gasteiger partial charge in [-0.25, -0.2) is 4.79 Å². The number of primary amides is 1. The predicted molar refractivity (Wildman–Crippen MR) is 98.5 cm³/mol. The number of carbonyl (C=O) groups is 5. The third-order valence-corrected chi connectivity index (χ3v) is 4.50. The van der Waals surface area contributed by atoms with Gasteiger partial charge in [-0.1, -0.05) is 13.8 Å². The van der Waals surface area contributed by atoms with Crippen LogP contribution in [0.2, 0.25) is 0 Å². The zero-order chi connectivity index (χ0) is 21.6. The highest BCUT2D eigenvalue weighted by Crippen LogP contribution is 2.21. The molecule has 0 aromatic rings. The number of nitrogens with two attached hydrogens (primary N) is 2. The van der Waals surface area contributed by atoms with Crippen LogP contribution < -0.4 is 22.1 Å². The van der Waals surface area contributed by atoms with Gasteiger partial charge in [-0.15, -0.1) is 0 Å². The molecule has 1 fully saturated rings. The highest BCUT2D eigenvalue weighted by molar-refractivity contribution is 5.95. The van der Waals surface area contributed by atoms with Crippen LogP contribution in [-0.4, -0.2) is 70.3 Å². The van der Waals surface area contributed by atoms with Gasteiger partial charge in [0, 0.05) is 6.54 Å². The molecule has 0 aromatic carbocycles. The fourth-order valence-electron chi connectivity index (χ4n) is 2.95. The SMILES string of the molecule is CC(N)C(=O)NC(C(=O)N1CCCC1C(=O)NC(CC(N)=O)C(=O)O)C(C)C. The van der Waals surface area contributed by atoms with Crippen LogP contribution in [0.3, 0.4) is 0 Å². The lowest BCUT2D eigenvalue weighted by Crippen LogP contribution is -2.58. The summed E-state index contributed by atoms with van der Waals surface area (Å²) in [4.78, 5) is 61.0. The van der Waals surface area contributed by atoms with E-state index in [-0.39, 0.29) is 5.92 Å². The number of amides is 4. The molecule has 11 heteroatoms. The maximum Gasteiger partial charge on any atom is 0.326 e. The average molecular weight is 399 g/mol. The number of hydrogen-bond acceptors (Lipinski definition) is 6. The molecular weight excluding hydrogens is 370 g/mol. The first kappa shape index (κ1) is 23.3. The van der Waals surface area contributed by atoms with Crippen LogP contribution in [0.25, 0.3) is 0 Å². The van der Waals surface area contributed by atoms with E-state index in [1.807, 2.05) is 0 Å². The maximum atomic E-state index is 13.0. The highest BCUT2D eigenvalue weighted by atomic mass is 16.4. The monoisotopic (exact) mass is 399 g/mol. The molecule has 0 saturated carbocycles. The van der Waals surface area contributed by atoms with Gasteiger partial charge >= 0.3 is 5.97 Å². The van der Waals surface area contributed by atoms with Crippen molar-refractivity contribution in [2.45, 2.75) is 64.2 Å². The standard InChI is InChI=1S/C17H29N5O6/c1-8(2)13(21-14(24)9(3)18)16(26)22-6-4-5-11(22)15(25)20-10(17(27)28)7-12(19)23/h8-11,13H,4-7,18H2,1-3H3,(H2,19,23)(H,20,25)(H,21,24)(H,27,28). The number of likely N-dealkylation sites (tertiary alicyclic amines) is 1. The van der Waals surface area contributed by atoms with Gasteiger partial charge in [-0.3, -0.25) is 19.2 Å². The molecule has 1 aliphatic rings. The van der Waals surface area contributed by atoms with Crippen LogP contribution in [0.4, 0.5) is 0 Å². The first-order valence-corrected chi connectivity index (χ1v) is 9.13. The second kappa shape index (κ2) is 10.0. The molecule has 4 unspecified atom stereocenters. The Kier molecular flexibility index (Phi) is 8.35. The minimum atomic E-state index is -1.47. The van der Waals surface area contributed by atoms with E-state index in [0.29, 0.717) is 19.4 Å². The lowest BCUT2D eigenvalue weighted by molar-refractivity contribution is -0.146. The molecule has 0 aliphatic carbocycles. The molecule has 1 heterocycles. The normalized spacial score (nSPS) is 19.6. The summed E-state index contributed by atoms with van der Waals surface area (Å²) in [6, 6.07) is -4.03. The molecule has 0 bridgehead atoms. The Balaban J connectivity index is 2.92. The van der Waals surface area contributed by atoms with E-state index in [1.54, 1.807) is 13.8 Å². The second-order valence-corrected chi connectivity index (χ2v) is 7.28. The number of carboxylic acids is 1. The average Bonchev–Trinajstić information content (AvgIpc) is 3.07. The van der Waals surface area contributed by atoms with E-state index < -0.39 is 60.2 Å². The molecular formula is C17H29N5O6. The van der Waals surface area contributed by atoms with E-state index >= 15 is 0 Å². The van der Waals surface area contributed by atoms with Crippen LogP contribution in [-0.2, 0) is 24.0 Å². The van der Waals surface area contributed by atoms with Crippen molar-refractivity contribution in [3.05, 3.63) is 0 Å². The van der Waals surface area contributed by atoms with E-state index in [4.69, 9.17) is 16.6 Å². The van der Waals surface area contributed by atoms with Gasteiger partial charge in [-0.05, 0) is 25.7 Å². The van der Waals surface area contributed by atoms with Gasteiger partial charge in [0.1, 0.15) is 18.1 Å². The highest BCUT2D eigenvalue weighted by Gasteiger charge is 2.39. The van der Waals surface area contributed by atoms with E-state index in [0.717, 1.165) is 0 Å². The molecule has 0 radical (unpaired) electrons. The topological polar surface area (TPSA) is 185 Å². The van der Waals surface area contributed by atoms with Crippen LogP contribution in [0, 0.1) is 5.92 Å². The smallest absolute Gasteiger partial charge is 0.326 e. The number of aliphatic carboxylic acids is 1. The van der Waals surface area contributed by atoms with Gasteiger partial charge < -0.3 is 32.1 Å². The van der Waals surface area contributed by atoms with Crippen molar-refractivity contribution in [1.29, 1.82) is 0 Å². The Morgan fingerprint density at radius 3 is 2.21 bits per heavy atom. The molecule has 28 heavy (non-hydrogen) atoms. The first-order chi connectivity index (χ1) is 13.0. The summed E-state index contributed by atoms with van der Waals surface area (Å²) >= 11 is 0. The van der Waals surface area contributed by atoms with E-state index in [9.17, 15) is 24.0 Å². The van der Waals surface area contributed by atoms with Crippen molar-refractivity contribution in [2.75, 3.05) is 6.54 Å². The maximum absolute atomic E-state index is 13.0. The quantitative estimate of drug-likeness (QED) is 0.294. The van der Waals surface area contributed by atoms with Crippen molar-refractivity contribution in [3.8, 4) is 0 Å². The number of carbonyl (C=O) groups excluding carboxylic acids is 4. The predicted octanol–water partition coefficient (Wildman–Crippen LogP) is -2.09. The molecule has 11 nitrogen and oxygen atoms in total. The Bertz CT molecular complexity index is 636. The van der Waals surface area contributed by atoms with Gasteiger partial charge in [-0.2, -0.15) is 0 Å². The molecule has 4 amide bonds. The third kappa shape index (κ3) is 6.19. The molecule has 158 valence electrons.